The van der Waals surface area contributed by atoms with Crippen LogP contribution >= 0.6 is 0 Å². The average Bonchev–Trinajstić information content (AvgIpc) is 2.28. The molecule has 0 aliphatic heterocycles. The van der Waals surface area contributed by atoms with Crippen molar-refractivity contribution in [2.45, 2.75) is 38.1 Å². The average molecular weight is 314 g/mol. The van der Waals surface area contributed by atoms with Gasteiger partial charge in [0, 0.05) is 11.6 Å². The number of hydrogen-bond acceptors (Lipinski definition) is 5. The Balaban J connectivity index is 3.02. The van der Waals surface area contributed by atoms with Crippen molar-refractivity contribution >= 4 is 21.4 Å². The zero-order valence-corrected chi connectivity index (χ0v) is 13.6. The first-order chi connectivity index (χ1) is 9.55. The summed E-state index contributed by atoms with van der Waals surface area (Å²) in [4.78, 5) is 11.7. The third-order valence-corrected chi connectivity index (χ3v) is 4.13. The molecule has 1 aromatic rings. The van der Waals surface area contributed by atoms with Gasteiger partial charge < -0.3 is 15.8 Å². The minimum absolute atomic E-state index is 0.0856. The minimum atomic E-state index is -3.82. The van der Waals surface area contributed by atoms with E-state index in [0.717, 1.165) is 0 Å². The molecule has 0 saturated heterocycles. The van der Waals surface area contributed by atoms with E-state index >= 15 is 0 Å². The predicted octanol–water partition coefficient (Wildman–Crippen LogP) is 1.36. The van der Waals surface area contributed by atoms with Crippen molar-refractivity contribution in [2.24, 2.45) is 0 Å². The third kappa shape index (κ3) is 5.26. The number of ether oxygens (including phenoxy) is 1. The standard InChI is InChI=1S/C14H22N2O4S/c1-5-20-10-6-7-11(15)12(8-10)21(18,19)9-13(17)16-14(2,3)4/h6-8H,5,9,15H2,1-4H3,(H,16,17). The first-order valence-electron chi connectivity index (χ1n) is 6.61. The summed E-state index contributed by atoms with van der Waals surface area (Å²) in [6.07, 6.45) is 0. The molecule has 6 nitrogen and oxygen atoms in total. The molecule has 1 amide bonds. The number of benzene rings is 1. The molecule has 0 heterocycles. The Hall–Kier alpha value is -1.76. The Morgan fingerprint density at radius 1 is 1.33 bits per heavy atom. The van der Waals surface area contributed by atoms with Gasteiger partial charge in [-0.25, -0.2) is 8.42 Å². The highest BCUT2D eigenvalue weighted by molar-refractivity contribution is 7.92. The number of sulfone groups is 1. The van der Waals surface area contributed by atoms with E-state index < -0.39 is 27.0 Å². The fraction of sp³-hybridized carbons (Fsp3) is 0.500. The number of rotatable bonds is 5. The molecular weight excluding hydrogens is 292 g/mol. The summed E-state index contributed by atoms with van der Waals surface area (Å²) in [5.74, 6) is -0.811. The van der Waals surface area contributed by atoms with E-state index in [1.807, 2.05) is 0 Å². The molecule has 7 heteroatoms. The molecule has 0 saturated carbocycles. The molecule has 0 atom stereocenters. The normalized spacial score (nSPS) is 12.0. The predicted molar refractivity (Wildman–Crippen MR) is 82.0 cm³/mol. The zero-order chi connectivity index (χ0) is 16.3. The van der Waals surface area contributed by atoms with Crippen LogP contribution in [0.2, 0.25) is 0 Å². The molecular formula is C14H22N2O4S. The first kappa shape index (κ1) is 17.3. The SMILES string of the molecule is CCOc1ccc(N)c(S(=O)(=O)CC(=O)NC(C)(C)C)c1. The van der Waals surface area contributed by atoms with Gasteiger partial charge in [0.25, 0.3) is 0 Å². The van der Waals surface area contributed by atoms with Gasteiger partial charge in [-0.15, -0.1) is 0 Å². The molecule has 0 radical (unpaired) electrons. The topological polar surface area (TPSA) is 98.5 Å². The van der Waals surface area contributed by atoms with Gasteiger partial charge in [-0.2, -0.15) is 0 Å². The van der Waals surface area contributed by atoms with Crippen LogP contribution in [0.1, 0.15) is 27.7 Å². The van der Waals surface area contributed by atoms with Gasteiger partial charge in [0.1, 0.15) is 11.5 Å². The van der Waals surface area contributed by atoms with Crippen LogP contribution < -0.4 is 15.8 Å². The van der Waals surface area contributed by atoms with Gasteiger partial charge >= 0.3 is 0 Å². The van der Waals surface area contributed by atoms with Crippen LogP contribution in [0.3, 0.4) is 0 Å². The van der Waals surface area contributed by atoms with E-state index in [1.54, 1.807) is 33.8 Å². The number of nitrogens with one attached hydrogen (secondary N) is 1. The highest BCUT2D eigenvalue weighted by Crippen LogP contribution is 2.25. The maximum absolute atomic E-state index is 12.3. The van der Waals surface area contributed by atoms with Crippen LogP contribution in [0, 0.1) is 0 Å². The fourth-order valence-corrected chi connectivity index (χ4v) is 3.04. The molecule has 0 aliphatic rings. The number of anilines is 1. The van der Waals surface area contributed by atoms with E-state index in [2.05, 4.69) is 5.32 Å². The van der Waals surface area contributed by atoms with Crippen LogP contribution in [-0.2, 0) is 14.6 Å². The van der Waals surface area contributed by atoms with E-state index in [9.17, 15) is 13.2 Å². The molecule has 0 aromatic heterocycles. The third-order valence-electron chi connectivity index (χ3n) is 2.47. The van der Waals surface area contributed by atoms with Crippen LogP contribution in [0.25, 0.3) is 0 Å². The maximum Gasteiger partial charge on any atom is 0.235 e. The van der Waals surface area contributed by atoms with Gasteiger partial charge in [-0.3, -0.25) is 4.79 Å². The molecule has 3 N–H and O–H groups in total. The molecule has 0 aliphatic carbocycles. The van der Waals surface area contributed by atoms with Crippen LogP contribution in [0.5, 0.6) is 5.75 Å². The largest absolute Gasteiger partial charge is 0.494 e. The van der Waals surface area contributed by atoms with Crippen molar-refractivity contribution in [2.75, 3.05) is 18.1 Å². The van der Waals surface area contributed by atoms with Crippen molar-refractivity contribution in [3.8, 4) is 5.75 Å². The zero-order valence-electron chi connectivity index (χ0n) is 12.8. The van der Waals surface area contributed by atoms with Crippen molar-refractivity contribution in [1.29, 1.82) is 0 Å². The summed E-state index contributed by atoms with van der Waals surface area (Å²) >= 11 is 0. The van der Waals surface area contributed by atoms with Crippen molar-refractivity contribution < 1.29 is 17.9 Å². The quantitative estimate of drug-likeness (QED) is 0.800. The maximum atomic E-state index is 12.3. The number of hydrogen-bond donors (Lipinski definition) is 2. The number of carbonyl (C=O) groups excluding carboxylic acids is 1. The van der Waals surface area contributed by atoms with Crippen molar-refractivity contribution in [3.05, 3.63) is 18.2 Å². The molecule has 0 spiro atoms. The fourth-order valence-electron chi connectivity index (χ4n) is 1.75. The van der Waals surface area contributed by atoms with Gasteiger partial charge in [-0.1, -0.05) is 0 Å². The van der Waals surface area contributed by atoms with Crippen molar-refractivity contribution in [1.82, 2.24) is 5.32 Å². The second kappa shape index (κ2) is 6.34. The van der Waals surface area contributed by atoms with Gasteiger partial charge in [0.15, 0.2) is 9.84 Å². The van der Waals surface area contributed by atoms with Gasteiger partial charge in [0.2, 0.25) is 5.91 Å². The molecule has 0 fully saturated rings. The lowest BCUT2D eigenvalue weighted by atomic mass is 10.1. The van der Waals surface area contributed by atoms with E-state index in [0.29, 0.717) is 12.4 Å². The number of nitrogens with two attached hydrogens (primary N) is 1. The summed E-state index contributed by atoms with van der Waals surface area (Å²) in [6.45, 7) is 7.54. The van der Waals surface area contributed by atoms with E-state index in [1.165, 1.54) is 12.1 Å². The lowest BCUT2D eigenvalue weighted by Crippen LogP contribution is -2.43. The Bertz CT molecular complexity index is 618. The lowest BCUT2D eigenvalue weighted by Gasteiger charge is -2.20. The van der Waals surface area contributed by atoms with Crippen molar-refractivity contribution in [3.63, 3.8) is 0 Å². The van der Waals surface area contributed by atoms with Crippen LogP contribution in [-0.4, -0.2) is 32.2 Å². The highest BCUT2D eigenvalue weighted by atomic mass is 32.2. The van der Waals surface area contributed by atoms with Gasteiger partial charge in [-0.05, 0) is 39.8 Å². The molecule has 0 unspecified atom stereocenters. The first-order valence-corrected chi connectivity index (χ1v) is 8.26. The monoisotopic (exact) mass is 314 g/mol. The molecule has 0 bridgehead atoms. The van der Waals surface area contributed by atoms with E-state index in [4.69, 9.17) is 10.5 Å². The molecule has 21 heavy (non-hydrogen) atoms. The smallest absolute Gasteiger partial charge is 0.235 e. The second-order valence-corrected chi connectivity index (χ2v) is 7.65. The summed E-state index contributed by atoms with van der Waals surface area (Å²) in [7, 11) is -3.82. The summed E-state index contributed by atoms with van der Waals surface area (Å²) in [6, 6.07) is 4.39. The summed E-state index contributed by atoms with van der Waals surface area (Å²) in [5.41, 5.74) is 5.31. The van der Waals surface area contributed by atoms with Gasteiger partial charge in [0.05, 0.1) is 17.2 Å². The van der Waals surface area contributed by atoms with Crippen LogP contribution in [0.15, 0.2) is 23.1 Å². The molecule has 1 aromatic carbocycles. The lowest BCUT2D eigenvalue weighted by molar-refractivity contribution is -0.120. The Morgan fingerprint density at radius 2 is 1.95 bits per heavy atom. The molecule has 1 rings (SSSR count). The number of amides is 1. The highest BCUT2D eigenvalue weighted by Gasteiger charge is 2.24. The second-order valence-electron chi connectivity index (χ2n) is 5.69. The summed E-state index contributed by atoms with van der Waals surface area (Å²) < 4.78 is 29.9. The molecule has 118 valence electrons. The minimum Gasteiger partial charge on any atom is -0.494 e. The Kier molecular flexibility index (Phi) is 5.22. The Labute approximate surface area is 125 Å². The number of carbonyl (C=O) groups is 1. The number of nitrogen functional groups attached to an aromatic ring is 1. The Morgan fingerprint density at radius 3 is 2.48 bits per heavy atom. The van der Waals surface area contributed by atoms with E-state index in [-0.39, 0.29) is 10.6 Å². The van der Waals surface area contributed by atoms with Crippen LogP contribution in [0.4, 0.5) is 5.69 Å². The summed E-state index contributed by atoms with van der Waals surface area (Å²) in [5, 5.41) is 2.61.